The molecule has 0 saturated heterocycles. The number of nitrogens with one attached hydrogen (secondary N) is 1. The molecule has 0 aliphatic heterocycles. The first kappa shape index (κ1) is 29.8. The third kappa shape index (κ3) is 5.07. The highest BCUT2D eigenvalue weighted by Crippen LogP contribution is 2.62. The van der Waals surface area contributed by atoms with Crippen LogP contribution in [0.25, 0.3) is 0 Å². The molecule has 0 rings (SSSR count). The van der Waals surface area contributed by atoms with E-state index in [2.05, 4.69) is 0 Å². The Morgan fingerprint density at radius 1 is 0.516 bits per heavy atom. The van der Waals surface area contributed by atoms with E-state index in [-0.39, 0.29) is 18.2 Å². The van der Waals surface area contributed by atoms with Crippen molar-refractivity contribution in [3.63, 3.8) is 0 Å². The van der Waals surface area contributed by atoms with Crippen molar-refractivity contribution in [1.29, 1.82) is 0 Å². The van der Waals surface area contributed by atoms with Gasteiger partial charge in [-0.2, -0.15) is 65.9 Å². The van der Waals surface area contributed by atoms with Crippen LogP contribution in [0.1, 0.15) is 25.7 Å². The third-order valence-electron chi connectivity index (χ3n) is 3.76. The van der Waals surface area contributed by atoms with Crippen molar-refractivity contribution in [2.45, 2.75) is 73.8 Å². The van der Waals surface area contributed by atoms with Crippen LogP contribution in [-0.2, 0) is 0 Å². The molecule has 0 aromatic rings. The second-order valence-corrected chi connectivity index (χ2v) is 6.09. The van der Waals surface area contributed by atoms with Crippen LogP contribution < -0.4 is 5.32 Å². The molecule has 0 fully saturated rings. The average Bonchev–Trinajstić information content (AvgIpc) is 2.56. The number of hydrogen-bond donors (Lipinski definition) is 1. The van der Waals surface area contributed by atoms with Gasteiger partial charge in [-0.15, -0.1) is 0 Å². The third-order valence-corrected chi connectivity index (χ3v) is 3.76. The van der Waals surface area contributed by atoms with Crippen LogP contribution in [0.5, 0.6) is 0 Å². The van der Waals surface area contributed by atoms with E-state index in [1.165, 1.54) is 0 Å². The van der Waals surface area contributed by atoms with Crippen molar-refractivity contribution in [1.82, 2.24) is 5.32 Å². The first-order valence-corrected chi connectivity index (χ1v) is 7.77. The van der Waals surface area contributed by atoms with E-state index < -0.39 is 67.6 Å². The van der Waals surface area contributed by atoms with Crippen LogP contribution >= 0.6 is 0 Å². The molecule has 0 aromatic heterocycles. The molecule has 0 radical (unpaired) electrons. The molecule has 31 heavy (non-hydrogen) atoms. The molecule has 0 saturated carbocycles. The summed E-state index contributed by atoms with van der Waals surface area (Å²) in [6.07, 6.45) is -13.4. The maximum Gasteiger partial charge on any atom is 0.460 e. The number of halogens is 17. The summed E-state index contributed by atoms with van der Waals surface area (Å²) < 4.78 is 218. The molecule has 0 bridgehead atoms. The number of hydrogen-bond acceptors (Lipinski definition) is 1. The quantitative estimate of drug-likeness (QED) is 0.176. The molecular formula is C13H12F17N. The molecule has 1 atom stereocenters. The van der Waals surface area contributed by atoms with Gasteiger partial charge in [0.1, 0.15) is 0 Å². The Kier molecular flexibility index (Phi) is 8.60. The fraction of sp³-hybridized carbons (Fsp3) is 1.00. The molecule has 0 heterocycles. The minimum Gasteiger partial charge on any atom is -0.251 e. The highest BCUT2D eigenvalue weighted by atomic mass is 19.4. The first-order valence-electron chi connectivity index (χ1n) is 7.77. The van der Waals surface area contributed by atoms with Gasteiger partial charge >= 0.3 is 41.8 Å². The summed E-state index contributed by atoms with van der Waals surface area (Å²) in [7, 11) is 0. The number of unbranched alkanes of at least 4 members (excludes halogenated alkanes) is 2. The minimum absolute atomic E-state index is 0.240. The SMILES string of the molecule is FCCCCCC(F)NC(F)(F)C(F)(F)C(F)(F)C(F)(F)C(F)(F)C(F)(F)C(F)(F)F. The lowest BCUT2D eigenvalue weighted by Crippen LogP contribution is -2.74. The normalized spacial score (nSPS) is 16.5. The maximum atomic E-state index is 13.4. The Morgan fingerprint density at radius 3 is 1.29 bits per heavy atom. The summed E-state index contributed by atoms with van der Waals surface area (Å²) in [5.41, 5.74) is 0. The lowest BCUT2D eigenvalue weighted by molar-refractivity contribution is -0.454. The zero-order chi connectivity index (χ0) is 25.3. The minimum atomic E-state index is -8.42. The van der Waals surface area contributed by atoms with Gasteiger partial charge in [0.15, 0.2) is 6.30 Å². The van der Waals surface area contributed by atoms with E-state index in [4.69, 9.17) is 0 Å². The predicted octanol–water partition coefficient (Wildman–Crippen LogP) is 6.73. The van der Waals surface area contributed by atoms with Crippen molar-refractivity contribution in [3.05, 3.63) is 0 Å². The van der Waals surface area contributed by atoms with Crippen LogP contribution in [0.2, 0.25) is 0 Å². The summed E-state index contributed by atoms with van der Waals surface area (Å²) in [6.45, 7) is -0.976. The number of alkyl halides is 17. The Bertz CT molecular complexity index is 581. The summed E-state index contributed by atoms with van der Waals surface area (Å²) >= 11 is 0. The van der Waals surface area contributed by atoms with Crippen molar-refractivity contribution >= 4 is 0 Å². The predicted molar refractivity (Wildman–Crippen MR) is 68.2 cm³/mol. The average molecular weight is 505 g/mol. The summed E-state index contributed by atoms with van der Waals surface area (Å²) in [4.78, 5) is 0. The van der Waals surface area contributed by atoms with Gasteiger partial charge < -0.3 is 0 Å². The van der Waals surface area contributed by atoms with Gasteiger partial charge in [-0.1, -0.05) is 6.42 Å². The van der Waals surface area contributed by atoms with E-state index in [1.54, 1.807) is 0 Å². The lowest BCUT2D eigenvalue weighted by atomic mass is 9.93. The monoisotopic (exact) mass is 505 g/mol. The van der Waals surface area contributed by atoms with E-state index >= 15 is 0 Å². The standard InChI is InChI=1S/C13H12F17N/c14-5-3-1-2-4-6(15)31-13(29,30)11(24,25)9(20,21)7(16,17)8(18,19)10(22,23)12(26,27)28/h6,31H,1-5H2. The van der Waals surface area contributed by atoms with Crippen LogP contribution in [0.3, 0.4) is 0 Å². The molecule has 1 N–H and O–H groups in total. The van der Waals surface area contributed by atoms with Crippen molar-refractivity contribution in [2.75, 3.05) is 6.67 Å². The lowest BCUT2D eigenvalue weighted by Gasteiger charge is -2.41. The zero-order valence-electron chi connectivity index (χ0n) is 14.5. The van der Waals surface area contributed by atoms with Gasteiger partial charge in [0.25, 0.3) is 0 Å². The molecular weight excluding hydrogens is 493 g/mol. The van der Waals surface area contributed by atoms with Crippen molar-refractivity contribution in [3.8, 4) is 0 Å². The molecule has 1 nitrogen and oxygen atoms in total. The van der Waals surface area contributed by atoms with E-state index in [0.29, 0.717) is 0 Å². The van der Waals surface area contributed by atoms with Crippen LogP contribution in [-0.4, -0.2) is 54.8 Å². The van der Waals surface area contributed by atoms with Gasteiger partial charge in [0, 0.05) is 0 Å². The Morgan fingerprint density at radius 2 is 0.903 bits per heavy atom. The van der Waals surface area contributed by atoms with E-state index in [1.807, 2.05) is 0 Å². The maximum absolute atomic E-state index is 13.4. The zero-order valence-corrected chi connectivity index (χ0v) is 14.5. The Labute approximate surface area is 161 Å². The smallest absolute Gasteiger partial charge is 0.251 e. The summed E-state index contributed by atoms with van der Waals surface area (Å²) in [6, 6.07) is -6.84. The van der Waals surface area contributed by atoms with Gasteiger partial charge in [-0.3, -0.25) is 4.39 Å². The first-order chi connectivity index (χ1) is 13.5. The van der Waals surface area contributed by atoms with Gasteiger partial charge in [-0.05, 0) is 19.3 Å². The van der Waals surface area contributed by atoms with Crippen LogP contribution in [0, 0.1) is 0 Å². The summed E-state index contributed by atoms with van der Waals surface area (Å²) in [5, 5.41) is -0.240. The molecule has 18 heteroatoms. The molecule has 1 unspecified atom stereocenters. The van der Waals surface area contributed by atoms with Crippen molar-refractivity contribution in [2.24, 2.45) is 0 Å². The largest absolute Gasteiger partial charge is 0.460 e. The second kappa shape index (κ2) is 8.96. The Hall–Kier alpha value is -1.23. The fourth-order valence-corrected chi connectivity index (χ4v) is 1.92. The second-order valence-electron chi connectivity index (χ2n) is 6.09. The van der Waals surface area contributed by atoms with Crippen LogP contribution in [0.15, 0.2) is 0 Å². The molecule has 188 valence electrons. The van der Waals surface area contributed by atoms with Crippen molar-refractivity contribution < 1.29 is 74.6 Å². The van der Waals surface area contributed by atoms with Gasteiger partial charge in [-0.25, -0.2) is 9.71 Å². The number of rotatable bonds is 12. The molecule has 0 aromatic carbocycles. The highest BCUT2D eigenvalue weighted by Gasteiger charge is 2.93. The van der Waals surface area contributed by atoms with Gasteiger partial charge in [0.2, 0.25) is 0 Å². The van der Waals surface area contributed by atoms with Crippen LogP contribution in [0.4, 0.5) is 74.6 Å². The summed E-state index contributed by atoms with van der Waals surface area (Å²) in [5.74, 6) is -40.9. The fourth-order valence-electron chi connectivity index (χ4n) is 1.92. The van der Waals surface area contributed by atoms with E-state index in [0.717, 1.165) is 0 Å². The molecule has 0 amide bonds. The van der Waals surface area contributed by atoms with Gasteiger partial charge in [0.05, 0.1) is 6.67 Å². The van der Waals surface area contributed by atoms with E-state index in [9.17, 15) is 74.6 Å². The topological polar surface area (TPSA) is 12.0 Å². The Balaban J connectivity index is 5.98. The molecule has 0 aliphatic carbocycles. The molecule has 0 spiro atoms. The highest BCUT2D eigenvalue weighted by molar-refractivity contribution is 5.12. The molecule has 0 aliphatic rings.